The Bertz CT molecular complexity index is 558. The Morgan fingerprint density at radius 2 is 2.00 bits per heavy atom. The number of rotatable bonds is 3. The van der Waals surface area contributed by atoms with Gasteiger partial charge in [0.15, 0.2) is 0 Å². The standard InChI is InChI=1S/C13H10F2O2/c1-8(16)6-10-3-5-13(17-10)11-4-2-9(14)7-12(11)15/h2-5,7H,6H2,1H3. The lowest BCUT2D eigenvalue weighted by Gasteiger charge is -1.99. The summed E-state index contributed by atoms with van der Waals surface area (Å²) >= 11 is 0. The minimum atomic E-state index is -0.686. The lowest BCUT2D eigenvalue weighted by Crippen LogP contribution is -1.93. The first-order valence-electron chi connectivity index (χ1n) is 5.10. The van der Waals surface area contributed by atoms with Gasteiger partial charge in [0, 0.05) is 6.07 Å². The van der Waals surface area contributed by atoms with Crippen LogP contribution < -0.4 is 0 Å². The fourth-order valence-electron chi connectivity index (χ4n) is 1.55. The van der Waals surface area contributed by atoms with Gasteiger partial charge in [-0.1, -0.05) is 0 Å². The van der Waals surface area contributed by atoms with E-state index in [9.17, 15) is 13.6 Å². The highest BCUT2D eigenvalue weighted by Crippen LogP contribution is 2.25. The Balaban J connectivity index is 2.33. The molecular formula is C13H10F2O2. The number of halogens is 2. The minimum Gasteiger partial charge on any atom is -0.461 e. The van der Waals surface area contributed by atoms with Crippen molar-refractivity contribution in [3.05, 3.63) is 47.7 Å². The van der Waals surface area contributed by atoms with Crippen LogP contribution in [-0.2, 0) is 11.2 Å². The highest BCUT2D eigenvalue weighted by atomic mass is 19.1. The van der Waals surface area contributed by atoms with Crippen LogP contribution in [0, 0.1) is 11.6 Å². The SMILES string of the molecule is CC(=O)Cc1ccc(-c2ccc(F)cc2F)o1. The fourth-order valence-corrected chi connectivity index (χ4v) is 1.55. The number of carbonyl (C=O) groups is 1. The van der Waals surface area contributed by atoms with Crippen molar-refractivity contribution in [1.82, 2.24) is 0 Å². The maximum absolute atomic E-state index is 13.4. The summed E-state index contributed by atoms with van der Waals surface area (Å²) in [5.74, 6) is -0.601. The van der Waals surface area contributed by atoms with E-state index in [0.29, 0.717) is 11.5 Å². The Morgan fingerprint density at radius 3 is 2.65 bits per heavy atom. The average molecular weight is 236 g/mol. The summed E-state index contributed by atoms with van der Waals surface area (Å²) in [6, 6.07) is 6.43. The molecule has 0 bridgehead atoms. The number of hydrogen-bond donors (Lipinski definition) is 0. The van der Waals surface area contributed by atoms with Crippen LogP contribution in [0.15, 0.2) is 34.7 Å². The molecule has 2 aromatic rings. The molecule has 0 N–H and O–H groups in total. The molecule has 88 valence electrons. The molecule has 0 unspecified atom stereocenters. The largest absolute Gasteiger partial charge is 0.461 e. The maximum atomic E-state index is 13.4. The van der Waals surface area contributed by atoms with Crippen LogP contribution in [0.2, 0.25) is 0 Å². The second-order valence-corrected chi connectivity index (χ2v) is 3.77. The lowest BCUT2D eigenvalue weighted by atomic mass is 10.1. The molecule has 0 aliphatic rings. The van der Waals surface area contributed by atoms with Gasteiger partial charge in [0.25, 0.3) is 0 Å². The Kier molecular flexibility index (Phi) is 3.04. The van der Waals surface area contributed by atoms with Crippen molar-refractivity contribution in [3.63, 3.8) is 0 Å². The molecule has 0 saturated carbocycles. The number of ketones is 1. The van der Waals surface area contributed by atoms with Gasteiger partial charge < -0.3 is 4.42 Å². The van der Waals surface area contributed by atoms with Crippen LogP contribution in [-0.4, -0.2) is 5.78 Å². The monoisotopic (exact) mass is 236 g/mol. The lowest BCUT2D eigenvalue weighted by molar-refractivity contribution is -0.116. The molecule has 1 heterocycles. The van der Waals surface area contributed by atoms with Gasteiger partial charge in [0.1, 0.15) is 28.9 Å². The summed E-state index contributed by atoms with van der Waals surface area (Å²) in [5.41, 5.74) is 0.182. The van der Waals surface area contributed by atoms with E-state index in [2.05, 4.69) is 0 Å². The van der Waals surface area contributed by atoms with Crippen molar-refractivity contribution in [2.75, 3.05) is 0 Å². The van der Waals surface area contributed by atoms with Crippen molar-refractivity contribution in [2.24, 2.45) is 0 Å². The second kappa shape index (κ2) is 4.49. The van der Waals surface area contributed by atoms with E-state index in [1.165, 1.54) is 13.0 Å². The highest BCUT2D eigenvalue weighted by molar-refractivity contribution is 5.77. The first-order chi connectivity index (χ1) is 8.06. The molecule has 2 nitrogen and oxygen atoms in total. The summed E-state index contributed by atoms with van der Waals surface area (Å²) in [4.78, 5) is 10.9. The van der Waals surface area contributed by atoms with Crippen LogP contribution in [0.3, 0.4) is 0 Å². The first-order valence-corrected chi connectivity index (χ1v) is 5.10. The fraction of sp³-hybridized carbons (Fsp3) is 0.154. The Labute approximate surface area is 96.9 Å². The summed E-state index contributed by atoms with van der Waals surface area (Å²) in [6.07, 6.45) is 0.169. The third kappa shape index (κ3) is 2.58. The van der Waals surface area contributed by atoms with Gasteiger partial charge in [0.2, 0.25) is 0 Å². The zero-order chi connectivity index (χ0) is 12.4. The molecule has 1 aromatic heterocycles. The molecule has 4 heteroatoms. The Morgan fingerprint density at radius 1 is 1.24 bits per heavy atom. The Hall–Kier alpha value is -1.97. The molecule has 17 heavy (non-hydrogen) atoms. The topological polar surface area (TPSA) is 30.2 Å². The highest BCUT2D eigenvalue weighted by Gasteiger charge is 2.11. The van der Waals surface area contributed by atoms with Crippen LogP contribution >= 0.6 is 0 Å². The molecule has 0 radical (unpaired) electrons. The summed E-state index contributed by atoms with van der Waals surface area (Å²) in [5, 5.41) is 0. The molecule has 0 atom stereocenters. The number of carbonyl (C=O) groups excluding carboxylic acids is 1. The van der Waals surface area contributed by atoms with Gasteiger partial charge in [-0.2, -0.15) is 0 Å². The minimum absolute atomic E-state index is 0.0366. The van der Waals surface area contributed by atoms with Gasteiger partial charge in [-0.3, -0.25) is 4.79 Å². The van der Waals surface area contributed by atoms with Crippen LogP contribution in [0.5, 0.6) is 0 Å². The molecule has 0 amide bonds. The van der Waals surface area contributed by atoms with Gasteiger partial charge >= 0.3 is 0 Å². The third-order valence-corrected chi connectivity index (χ3v) is 2.28. The van der Waals surface area contributed by atoms with Crippen molar-refractivity contribution < 1.29 is 18.0 Å². The van der Waals surface area contributed by atoms with E-state index in [-0.39, 0.29) is 17.8 Å². The van der Waals surface area contributed by atoms with Crippen molar-refractivity contribution in [2.45, 2.75) is 13.3 Å². The smallest absolute Gasteiger partial charge is 0.137 e. The molecule has 1 aromatic carbocycles. The number of Topliss-reactive ketones (excluding diaryl/α,β-unsaturated/α-hetero) is 1. The zero-order valence-corrected chi connectivity index (χ0v) is 9.17. The number of hydrogen-bond acceptors (Lipinski definition) is 2. The van der Waals surface area contributed by atoms with Crippen molar-refractivity contribution in [3.8, 4) is 11.3 Å². The molecule has 2 rings (SSSR count). The van der Waals surface area contributed by atoms with Gasteiger partial charge in [-0.05, 0) is 31.2 Å². The van der Waals surface area contributed by atoms with Crippen LogP contribution in [0.1, 0.15) is 12.7 Å². The predicted octanol–water partition coefficient (Wildman–Crippen LogP) is 3.36. The third-order valence-electron chi connectivity index (χ3n) is 2.28. The summed E-state index contributed by atoms with van der Waals surface area (Å²) in [7, 11) is 0. The van der Waals surface area contributed by atoms with E-state index < -0.39 is 11.6 Å². The predicted molar refractivity (Wildman–Crippen MR) is 58.4 cm³/mol. The van der Waals surface area contributed by atoms with E-state index in [0.717, 1.165) is 12.1 Å². The maximum Gasteiger partial charge on any atom is 0.137 e. The number of furan rings is 1. The average Bonchev–Trinajstić information content (AvgIpc) is 2.65. The van der Waals surface area contributed by atoms with Crippen LogP contribution in [0.25, 0.3) is 11.3 Å². The van der Waals surface area contributed by atoms with Gasteiger partial charge in [0.05, 0.1) is 12.0 Å². The van der Waals surface area contributed by atoms with E-state index in [4.69, 9.17) is 4.42 Å². The van der Waals surface area contributed by atoms with Crippen molar-refractivity contribution >= 4 is 5.78 Å². The van der Waals surface area contributed by atoms with E-state index >= 15 is 0 Å². The quantitative estimate of drug-likeness (QED) is 0.818. The molecule has 0 aliphatic heterocycles. The molecule has 0 spiro atoms. The zero-order valence-electron chi connectivity index (χ0n) is 9.17. The normalized spacial score (nSPS) is 10.5. The van der Waals surface area contributed by atoms with Gasteiger partial charge in [-0.15, -0.1) is 0 Å². The second-order valence-electron chi connectivity index (χ2n) is 3.77. The van der Waals surface area contributed by atoms with Gasteiger partial charge in [-0.25, -0.2) is 8.78 Å². The summed E-state index contributed by atoms with van der Waals surface area (Å²) in [6.45, 7) is 1.45. The van der Waals surface area contributed by atoms with Crippen molar-refractivity contribution in [1.29, 1.82) is 0 Å². The first kappa shape index (κ1) is 11.5. The molecule has 0 fully saturated rings. The summed E-state index contributed by atoms with van der Waals surface area (Å²) < 4.78 is 31.5. The van der Waals surface area contributed by atoms with E-state index in [1.54, 1.807) is 12.1 Å². The molecule has 0 aliphatic carbocycles. The number of benzene rings is 1. The van der Waals surface area contributed by atoms with E-state index in [1.807, 2.05) is 0 Å². The molecular weight excluding hydrogens is 226 g/mol. The molecule has 0 saturated heterocycles. The van der Waals surface area contributed by atoms with Crippen LogP contribution in [0.4, 0.5) is 8.78 Å².